The first-order valence-electron chi connectivity index (χ1n) is 3.47. The van der Waals surface area contributed by atoms with E-state index in [1.165, 1.54) is 0 Å². The van der Waals surface area contributed by atoms with Gasteiger partial charge < -0.3 is 5.11 Å². The summed E-state index contributed by atoms with van der Waals surface area (Å²) in [6.07, 6.45) is -5.04. The fraction of sp³-hybridized carbons (Fsp3) is 0.143. The first-order valence-corrected chi connectivity index (χ1v) is 3.47. The molecule has 0 fully saturated rings. The van der Waals surface area contributed by atoms with Gasteiger partial charge in [-0.2, -0.15) is 13.2 Å². The highest BCUT2D eigenvalue weighted by molar-refractivity contribution is 5.52. The van der Waals surface area contributed by atoms with E-state index in [1.807, 2.05) is 0 Å². The Balaban J connectivity index is 3.49. The van der Waals surface area contributed by atoms with Crippen LogP contribution in [0.5, 0.6) is 5.75 Å². The second kappa shape index (κ2) is 3.37. The first-order chi connectivity index (χ1) is 6.73. The Morgan fingerprint density at radius 3 is 2.27 bits per heavy atom. The van der Waals surface area contributed by atoms with Crippen LogP contribution in [0.4, 0.5) is 23.2 Å². The average Bonchev–Trinajstić information content (AvgIpc) is 2.06. The maximum atomic E-state index is 12.6. The highest BCUT2D eigenvalue weighted by atomic mass is 19.4. The Morgan fingerprint density at radius 2 is 1.87 bits per heavy atom. The van der Waals surface area contributed by atoms with Crippen molar-refractivity contribution in [3.05, 3.63) is 33.6 Å². The second-order valence-electron chi connectivity index (χ2n) is 2.58. The van der Waals surface area contributed by atoms with Crippen LogP contribution in [-0.4, -0.2) is 10.0 Å². The van der Waals surface area contributed by atoms with E-state index in [4.69, 9.17) is 5.11 Å². The number of rotatable bonds is 1. The van der Waals surface area contributed by atoms with Crippen molar-refractivity contribution in [2.75, 3.05) is 0 Å². The molecule has 0 radical (unpaired) electrons. The molecule has 0 atom stereocenters. The van der Waals surface area contributed by atoms with Crippen molar-refractivity contribution in [3.63, 3.8) is 0 Å². The number of nitro groups is 1. The summed E-state index contributed by atoms with van der Waals surface area (Å²) in [5.74, 6) is -3.03. The first kappa shape index (κ1) is 11.2. The molecule has 0 amide bonds. The maximum Gasteiger partial charge on any atom is 0.420 e. The lowest BCUT2D eigenvalue weighted by atomic mass is 10.1. The molecule has 1 aromatic rings. The van der Waals surface area contributed by atoms with Crippen molar-refractivity contribution in [3.8, 4) is 5.75 Å². The standard InChI is InChI=1S/C7H3F4NO3/c8-3-1-4(7(9,10)11)6(13)5(2-3)12(14)15/h1-2,13H. The number of hydrogen-bond acceptors (Lipinski definition) is 3. The molecule has 1 rings (SSSR count). The fourth-order valence-electron chi connectivity index (χ4n) is 0.940. The quantitative estimate of drug-likeness (QED) is 0.453. The summed E-state index contributed by atoms with van der Waals surface area (Å²) < 4.78 is 49.0. The minimum Gasteiger partial charge on any atom is -0.502 e. The molecule has 15 heavy (non-hydrogen) atoms. The van der Waals surface area contributed by atoms with Gasteiger partial charge in [-0.3, -0.25) is 10.1 Å². The van der Waals surface area contributed by atoms with Gasteiger partial charge in [-0.15, -0.1) is 0 Å². The Labute approximate surface area is 79.9 Å². The van der Waals surface area contributed by atoms with Gasteiger partial charge in [-0.25, -0.2) is 4.39 Å². The third-order valence-electron chi connectivity index (χ3n) is 1.56. The second-order valence-corrected chi connectivity index (χ2v) is 2.58. The Bertz CT molecular complexity index is 415. The monoisotopic (exact) mass is 225 g/mol. The third-order valence-corrected chi connectivity index (χ3v) is 1.56. The Hall–Kier alpha value is -1.86. The van der Waals surface area contributed by atoms with Crippen LogP contribution in [0.15, 0.2) is 12.1 Å². The average molecular weight is 225 g/mol. The molecule has 0 aliphatic heterocycles. The van der Waals surface area contributed by atoms with Crippen LogP contribution in [0.25, 0.3) is 0 Å². The van der Waals surface area contributed by atoms with E-state index in [2.05, 4.69) is 0 Å². The van der Waals surface area contributed by atoms with Gasteiger partial charge in [0.25, 0.3) is 0 Å². The summed E-state index contributed by atoms with van der Waals surface area (Å²) in [5, 5.41) is 19.1. The van der Waals surface area contributed by atoms with Crippen LogP contribution in [-0.2, 0) is 6.18 Å². The minimum atomic E-state index is -5.04. The molecule has 1 N–H and O–H groups in total. The number of hydrogen-bond donors (Lipinski definition) is 1. The van der Waals surface area contributed by atoms with E-state index in [0.717, 1.165) is 0 Å². The van der Waals surface area contributed by atoms with Gasteiger partial charge in [-0.05, 0) is 6.07 Å². The van der Waals surface area contributed by atoms with Crippen LogP contribution in [0, 0.1) is 15.9 Å². The van der Waals surface area contributed by atoms with Gasteiger partial charge >= 0.3 is 11.9 Å². The van der Waals surface area contributed by atoms with E-state index in [-0.39, 0.29) is 12.1 Å². The van der Waals surface area contributed by atoms with Crippen molar-refractivity contribution in [1.29, 1.82) is 0 Å². The highest BCUT2D eigenvalue weighted by Gasteiger charge is 2.38. The van der Waals surface area contributed by atoms with E-state index in [9.17, 15) is 27.7 Å². The highest BCUT2D eigenvalue weighted by Crippen LogP contribution is 2.40. The molecular formula is C7H3F4NO3. The van der Waals surface area contributed by atoms with Crippen LogP contribution < -0.4 is 0 Å². The normalized spacial score (nSPS) is 11.5. The van der Waals surface area contributed by atoms with Crippen molar-refractivity contribution < 1.29 is 27.6 Å². The number of alkyl halides is 3. The SMILES string of the molecule is O=[N+]([O-])c1cc(F)cc(C(F)(F)F)c1O. The number of phenolic OH excluding ortho intramolecular Hbond substituents is 1. The molecular weight excluding hydrogens is 222 g/mol. The van der Waals surface area contributed by atoms with Crippen LogP contribution in [0.3, 0.4) is 0 Å². The number of phenols is 1. The summed E-state index contributed by atoms with van der Waals surface area (Å²) in [6, 6.07) is 0.201. The molecule has 0 heterocycles. The summed E-state index contributed by atoms with van der Waals surface area (Å²) in [7, 11) is 0. The van der Waals surface area contributed by atoms with E-state index < -0.39 is 33.9 Å². The smallest absolute Gasteiger partial charge is 0.420 e. The molecule has 0 spiro atoms. The summed E-state index contributed by atoms with van der Waals surface area (Å²) in [4.78, 5) is 8.87. The van der Waals surface area contributed by atoms with Crippen molar-refractivity contribution in [2.24, 2.45) is 0 Å². The van der Waals surface area contributed by atoms with Crippen molar-refractivity contribution in [2.45, 2.75) is 6.18 Å². The molecule has 1 aromatic carbocycles. The zero-order valence-corrected chi connectivity index (χ0v) is 6.88. The minimum absolute atomic E-state index is 0.0116. The van der Waals surface area contributed by atoms with Crippen molar-refractivity contribution >= 4 is 5.69 Å². The van der Waals surface area contributed by atoms with Gasteiger partial charge in [0.1, 0.15) is 11.4 Å². The summed E-state index contributed by atoms with van der Waals surface area (Å²) in [5.41, 5.74) is -3.09. The molecule has 0 saturated carbocycles. The molecule has 4 nitrogen and oxygen atoms in total. The van der Waals surface area contributed by atoms with E-state index in [1.54, 1.807) is 0 Å². The number of benzene rings is 1. The number of nitro benzene ring substituents is 1. The molecule has 0 aliphatic carbocycles. The zero-order valence-electron chi connectivity index (χ0n) is 6.88. The zero-order chi connectivity index (χ0) is 11.8. The van der Waals surface area contributed by atoms with E-state index in [0.29, 0.717) is 0 Å². The van der Waals surface area contributed by atoms with Gasteiger partial charge in [0.2, 0.25) is 5.75 Å². The maximum absolute atomic E-state index is 12.6. The molecule has 0 unspecified atom stereocenters. The number of halogens is 4. The molecule has 0 bridgehead atoms. The lowest BCUT2D eigenvalue weighted by Crippen LogP contribution is -2.07. The molecule has 0 aliphatic rings. The molecule has 82 valence electrons. The summed E-state index contributed by atoms with van der Waals surface area (Å²) in [6.45, 7) is 0. The Morgan fingerprint density at radius 1 is 1.33 bits per heavy atom. The van der Waals surface area contributed by atoms with Crippen LogP contribution in [0.1, 0.15) is 5.56 Å². The summed E-state index contributed by atoms with van der Waals surface area (Å²) >= 11 is 0. The topological polar surface area (TPSA) is 63.4 Å². The lowest BCUT2D eigenvalue weighted by Gasteiger charge is -2.08. The van der Waals surface area contributed by atoms with Gasteiger partial charge in [0.15, 0.2) is 0 Å². The predicted octanol–water partition coefficient (Wildman–Crippen LogP) is 2.46. The van der Waals surface area contributed by atoms with Gasteiger partial charge in [0, 0.05) is 0 Å². The predicted molar refractivity (Wildman–Crippen MR) is 39.7 cm³/mol. The third kappa shape index (κ3) is 2.14. The fourth-order valence-corrected chi connectivity index (χ4v) is 0.940. The van der Waals surface area contributed by atoms with Crippen LogP contribution >= 0.6 is 0 Å². The molecule has 0 saturated heterocycles. The van der Waals surface area contributed by atoms with Gasteiger partial charge in [0.05, 0.1) is 11.0 Å². The molecule has 0 aromatic heterocycles. The van der Waals surface area contributed by atoms with Gasteiger partial charge in [-0.1, -0.05) is 0 Å². The largest absolute Gasteiger partial charge is 0.502 e. The van der Waals surface area contributed by atoms with Crippen LogP contribution in [0.2, 0.25) is 0 Å². The lowest BCUT2D eigenvalue weighted by molar-refractivity contribution is -0.386. The number of aromatic hydroxyl groups is 1. The molecule has 8 heteroatoms. The number of nitrogens with zero attached hydrogens (tertiary/aromatic N) is 1. The Kier molecular flexibility index (Phi) is 2.52. The van der Waals surface area contributed by atoms with Crippen molar-refractivity contribution in [1.82, 2.24) is 0 Å². The van der Waals surface area contributed by atoms with E-state index >= 15 is 0 Å².